The van der Waals surface area contributed by atoms with E-state index in [2.05, 4.69) is 0 Å². The maximum absolute atomic E-state index is 13.5. The molecule has 0 spiro atoms. The van der Waals surface area contributed by atoms with E-state index >= 15 is 0 Å². The van der Waals surface area contributed by atoms with Crippen LogP contribution in [0.15, 0.2) is 66.7 Å². The standard InChI is InChI=1S/C17H15F2O3P.2H3N/c18-17(19,23(20,21)22)16-12-6-11-15(13-16)10-5-4-9-14-7-2-1-3-8-14;;/h1-13H,(H2,20,21,22);2*1H3/b9-4+,10-5-;;. The van der Waals surface area contributed by atoms with Gasteiger partial charge in [-0.25, -0.2) is 0 Å². The van der Waals surface area contributed by atoms with Gasteiger partial charge in [0.2, 0.25) is 0 Å². The van der Waals surface area contributed by atoms with Gasteiger partial charge < -0.3 is 26.7 Å². The van der Waals surface area contributed by atoms with Gasteiger partial charge in [0.05, 0.1) is 0 Å². The van der Waals surface area contributed by atoms with E-state index in [0.717, 1.165) is 17.7 Å². The van der Waals surface area contributed by atoms with Crippen LogP contribution in [0, 0.1) is 0 Å². The lowest BCUT2D eigenvalue weighted by molar-refractivity contribution is -0.335. The molecule has 25 heavy (non-hydrogen) atoms. The summed E-state index contributed by atoms with van der Waals surface area (Å²) in [5, 5.41) is 0. The molecule has 0 aromatic heterocycles. The predicted molar refractivity (Wildman–Crippen MR) is 94.4 cm³/mol. The summed E-state index contributed by atoms with van der Waals surface area (Å²) in [7, 11) is -6.05. The van der Waals surface area contributed by atoms with Crippen LogP contribution >= 0.6 is 7.60 Å². The van der Waals surface area contributed by atoms with E-state index in [1.807, 2.05) is 36.4 Å². The molecular formula is C17H21F2N2O3P. The van der Waals surface area contributed by atoms with Gasteiger partial charge in [0.1, 0.15) is 0 Å². The van der Waals surface area contributed by atoms with Gasteiger partial charge in [0.25, 0.3) is 5.66 Å². The summed E-state index contributed by atoms with van der Waals surface area (Å²) in [5.74, 6) is 0. The number of halogens is 2. The number of benzene rings is 2. The summed E-state index contributed by atoms with van der Waals surface area (Å²) in [4.78, 5) is 21.4. The van der Waals surface area contributed by atoms with Crippen molar-refractivity contribution >= 4 is 19.7 Å². The third-order valence-corrected chi connectivity index (χ3v) is 4.01. The Morgan fingerprint density at radius 2 is 1.36 bits per heavy atom. The second-order valence-corrected chi connectivity index (χ2v) is 6.35. The van der Waals surface area contributed by atoms with Crippen LogP contribution in [-0.2, 0) is 10.2 Å². The highest BCUT2D eigenvalue weighted by atomic mass is 31.2. The van der Waals surface area contributed by atoms with Crippen molar-refractivity contribution in [3.63, 3.8) is 0 Å². The molecule has 136 valence electrons. The van der Waals surface area contributed by atoms with Gasteiger partial charge >= 0.3 is 0 Å². The summed E-state index contributed by atoms with van der Waals surface area (Å²) in [6.07, 6.45) is 6.74. The molecule has 8 heteroatoms. The Morgan fingerprint density at radius 1 is 0.840 bits per heavy atom. The fraction of sp³-hybridized carbons (Fsp3) is 0.0588. The number of alkyl halides is 2. The first-order valence-corrected chi connectivity index (χ1v) is 8.25. The van der Waals surface area contributed by atoms with E-state index in [9.17, 15) is 23.1 Å². The average Bonchev–Trinajstić information content (AvgIpc) is 2.52. The summed E-state index contributed by atoms with van der Waals surface area (Å²) < 4.78 is 37.7. The number of hydrogen-bond acceptors (Lipinski definition) is 3. The molecule has 2 aromatic carbocycles. The molecule has 0 saturated carbocycles. The van der Waals surface area contributed by atoms with Crippen molar-refractivity contribution in [3.05, 3.63) is 83.4 Å². The molecule has 0 aliphatic heterocycles. The minimum absolute atomic E-state index is 0. The van der Waals surface area contributed by atoms with Crippen molar-refractivity contribution in [1.29, 1.82) is 0 Å². The van der Waals surface area contributed by atoms with Crippen LogP contribution < -0.4 is 22.1 Å². The molecule has 0 aliphatic rings. The van der Waals surface area contributed by atoms with Gasteiger partial charge in [0.15, 0.2) is 0 Å². The van der Waals surface area contributed by atoms with Gasteiger partial charge in [-0.2, -0.15) is 8.78 Å². The molecule has 0 radical (unpaired) electrons. The molecule has 8 N–H and O–H groups in total. The van der Waals surface area contributed by atoms with Crippen molar-refractivity contribution in [2.75, 3.05) is 0 Å². The smallest absolute Gasteiger partial charge is 0.296 e. The maximum Gasteiger partial charge on any atom is 0.296 e. The highest BCUT2D eigenvalue weighted by Crippen LogP contribution is 2.53. The molecular weight excluding hydrogens is 349 g/mol. The predicted octanol–water partition coefficient (Wildman–Crippen LogP) is 4.13. The monoisotopic (exact) mass is 370 g/mol. The molecule has 0 amide bonds. The molecule has 5 nitrogen and oxygen atoms in total. The SMILES string of the molecule is O=P([O-])([O-])C(F)(F)c1cccc(/C=C\C=C\c2ccccc2)c1.[NH4+].[NH4+]. The third kappa shape index (κ3) is 6.01. The first kappa shape index (κ1) is 22.9. The quantitative estimate of drug-likeness (QED) is 0.604. The number of quaternary nitrogens is 2. The zero-order valence-electron chi connectivity index (χ0n) is 13.9. The minimum atomic E-state index is -6.05. The summed E-state index contributed by atoms with van der Waals surface area (Å²) >= 11 is 0. The van der Waals surface area contributed by atoms with Crippen LogP contribution in [0.3, 0.4) is 0 Å². The molecule has 2 aromatic rings. The van der Waals surface area contributed by atoms with Crippen LogP contribution in [0.1, 0.15) is 16.7 Å². The van der Waals surface area contributed by atoms with Crippen molar-refractivity contribution in [1.82, 2.24) is 12.3 Å². The lowest BCUT2D eigenvalue weighted by atomic mass is 10.1. The fourth-order valence-electron chi connectivity index (χ4n) is 1.89. The van der Waals surface area contributed by atoms with E-state index in [-0.39, 0.29) is 12.3 Å². The lowest BCUT2D eigenvalue weighted by Crippen LogP contribution is -2.29. The fourth-order valence-corrected chi connectivity index (χ4v) is 2.34. The molecule has 2 rings (SSSR count). The second-order valence-electron chi connectivity index (χ2n) is 4.79. The van der Waals surface area contributed by atoms with Gasteiger partial charge in [-0.3, -0.25) is 0 Å². The van der Waals surface area contributed by atoms with Crippen LogP contribution in [0.5, 0.6) is 0 Å². The Labute approximate surface area is 145 Å². The Bertz CT molecular complexity index is 774. The van der Waals surface area contributed by atoms with Crippen molar-refractivity contribution < 1.29 is 23.1 Å². The number of hydrogen-bond donors (Lipinski definition) is 2. The van der Waals surface area contributed by atoms with Crippen molar-refractivity contribution in [2.24, 2.45) is 0 Å². The number of allylic oxidation sites excluding steroid dienone is 2. The first-order chi connectivity index (χ1) is 10.8. The van der Waals surface area contributed by atoms with Gasteiger partial charge in [0, 0.05) is 13.2 Å². The Kier molecular flexibility index (Phi) is 8.56. The molecule has 0 bridgehead atoms. The highest BCUT2D eigenvalue weighted by Gasteiger charge is 2.35. The average molecular weight is 370 g/mol. The highest BCUT2D eigenvalue weighted by molar-refractivity contribution is 7.49. The van der Waals surface area contributed by atoms with Gasteiger partial charge in [-0.05, 0) is 17.2 Å². The summed E-state index contributed by atoms with van der Waals surface area (Å²) in [5.41, 5.74) is -3.90. The Hall–Kier alpha value is -2.15. The van der Waals surface area contributed by atoms with E-state index in [1.54, 1.807) is 18.2 Å². The van der Waals surface area contributed by atoms with Crippen LogP contribution in [-0.4, -0.2) is 0 Å². The maximum atomic E-state index is 13.5. The van der Waals surface area contributed by atoms with Crippen LogP contribution in [0.25, 0.3) is 12.2 Å². The molecule has 0 unspecified atom stereocenters. The molecule has 0 heterocycles. The summed E-state index contributed by atoms with van der Waals surface area (Å²) in [6.45, 7) is 0. The van der Waals surface area contributed by atoms with E-state index in [4.69, 9.17) is 0 Å². The van der Waals surface area contributed by atoms with Crippen LogP contribution in [0.2, 0.25) is 0 Å². The zero-order chi connectivity index (χ0) is 16.9. The molecule has 0 aliphatic carbocycles. The topological polar surface area (TPSA) is 136 Å². The number of rotatable bonds is 5. The van der Waals surface area contributed by atoms with Crippen LogP contribution in [0.4, 0.5) is 8.78 Å². The van der Waals surface area contributed by atoms with Gasteiger partial charge in [-0.15, -0.1) is 0 Å². The largest absolute Gasteiger partial charge is 0.806 e. The normalized spacial score (nSPS) is 12.0. The molecule has 0 atom stereocenters. The Balaban J connectivity index is 0.00000288. The van der Waals surface area contributed by atoms with E-state index < -0.39 is 18.8 Å². The van der Waals surface area contributed by atoms with E-state index in [1.165, 1.54) is 12.1 Å². The molecule has 0 fully saturated rings. The lowest BCUT2D eigenvalue weighted by Gasteiger charge is -2.37. The van der Waals surface area contributed by atoms with Crippen molar-refractivity contribution in [3.8, 4) is 0 Å². The zero-order valence-corrected chi connectivity index (χ0v) is 14.8. The van der Waals surface area contributed by atoms with E-state index in [0.29, 0.717) is 5.56 Å². The first-order valence-electron chi connectivity index (χ1n) is 6.71. The Morgan fingerprint density at radius 3 is 1.92 bits per heavy atom. The minimum Gasteiger partial charge on any atom is -0.806 e. The second kappa shape index (κ2) is 9.36. The third-order valence-electron chi connectivity index (χ3n) is 3.07. The van der Waals surface area contributed by atoms with Gasteiger partial charge in [-0.1, -0.05) is 72.8 Å². The summed E-state index contributed by atoms with van der Waals surface area (Å²) in [6, 6.07) is 14.2. The molecule has 0 saturated heterocycles. The van der Waals surface area contributed by atoms with Crippen molar-refractivity contribution in [2.45, 2.75) is 5.66 Å².